The quantitative estimate of drug-likeness (QED) is 0.609. The lowest BCUT2D eigenvalue weighted by Crippen LogP contribution is -2.32. The van der Waals surface area contributed by atoms with Gasteiger partial charge >= 0.3 is 0 Å². The van der Waals surface area contributed by atoms with Crippen LogP contribution in [0.15, 0.2) is 21.5 Å². The van der Waals surface area contributed by atoms with E-state index in [1.165, 1.54) is 6.07 Å². The predicted octanol–water partition coefficient (Wildman–Crippen LogP) is -0.263. The second-order valence-electron chi connectivity index (χ2n) is 3.58. The molecule has 5 N–H and O–H groups in total. The molecule has 0 aliphatic carbocycles. The first-order chi connectivity index (χ1) is 8.53. The van der Waals surface area contributed by atoms with E-state index >= 15 is 0 Å². The second kappa shape index (κ2) is 5.71. The topological polar surface area (TPSA) is 132 Å². The van der Waals surface area contributed by atoms with Gasteiger partial charge in [-0.2, -0.15) is 0 Å². The minimum Gasteiger partial charge on any atom is -0.399 e. The minimum absolute atomic E-state index is 0.0418. The molecule has 0 unspecified atom stereocenters. The Labute approximate surface area is 118 Å². The molecule has 0 fully saturated rings. The second-order valence-corrected chi connectivity index (χ2v) is 7.90. The monoisotopic (exact) mass is 375 g/mol. The van der Waals surface area contributed by atoms with Crippen molar-refractivity contribution >= 4 is 41.7 Å². The van der Waals surface area contributed by atoms with Crippen LogP contribution in [0.5, 0.6) is 0 Å². The van der Waals surface area contributed by atoms with E-state index < -0.39 is 43.1 Å². The number of anilines is 1. The standard InChI is InChI=1S/C8H11BrFN3O4S2/c9-6-3-5(11)4-7(8(6)10)19(16,17)13-1-2-18(12,14)15/h3-4,13H,1-2,11H2,(H2,12,14,15). The van der Waals surface area contributed by atoms with Gasteiger partial charge in [0, 0.05) is 12.2 Å². The molecule has 0 aliphatic rings. The van der Waals surface area contributed by atoms with Crippen LogP contribution in [0.4, 0.5) is 10.1 Å². The Hall–Kier alpha value is -0.750. The zero-order valence-corrected chi connectivity index (χ0v) is 12.6. The van der Waals surface area contributed by atoms with E-state index in [1.54, 1.807) is 0 Å². The number of nitrogens with one attached hydrogen (secondary N) is 1. The van der Waals surface area contributed by atoms with Gasteiger partial charge < -0.3 is 5.73 Å². The van der Waals surface area contributed by atoms with E-state index in [4.69, 9.17) is 10.9 Å². The molecule has 1 aromatic rings. The summed E-state index contributed by atoms with van der Waals surface area (Å²) in [6, 6.07) is 2.14. The molecular formula is C8H11BrFN3O4S2. The zero-order chi connectivity index (χ0) is 14.8. The SMILES string of the molecule is Nc1cc(Br)c(F)c(S(=O)(=O)NCCS(N)(=O)=O)c1. The number of hydrogen-bond acceptors (Lipinski definition) is 5. The molecule has 1 aromatic carbocycles. The summed E-state index contributed by atoms with van der Waals surface area (Å²) in [4.78, 5) is -0.672. The molecular weight excluding hydrogens is 365 g/mol. The molecule has 0 heterocycles. The van der Waals surface area contributed by atoms with Crippen LogP contribution < -0.4 is 15.6 Å². The summed E-state index contributed by atoms with van der Waals surface area (Å²) >= 11 is 2.83. The van der Waals surface area contributed by atoms with Crippen molar-refractivity contribution in [3.8, 4) is 0 Å². The largest absolute Gasteiger partial charge is 0.399 e. The lowest BCUT2D eigenvalue weighted by Gasteiger charge is -2.09. The summed E-state index contributed by atoms with van der Waals surface area (Å²) in [7, 11) is -8.02. The maximum absolute atomic E-state index is 13.7. The van der Waals surface area contributed by atoms with Crippen molar-refractivity contribution in [2.75, 3.05) is 18.0 Å². The maximum Gasteiger partial charge on any atom is 0.243 e. The zero-order valence-electron chi connectivity index (χ0n) is 9.43. The molecule has 1 rings (SSSR count). The molecule has 7 nitrogen and oxygen atoms in total. The Morgan fingerprint density at radius 3 is 2.37 bits per heavy atom. The van der Waals surface area contributed by atoms with Gasteiger partial charge in [0.25, 0.3) is 0 Å². The van der Waals surface area contributed by atoms with Crippen molar-refractivity contribution in [2.24, 2.45) is 5.14 Å². The lowest BCUT2D eigenvalue weighted by atomic mass is 10.3. The van der Waals surface area contributed by atoms with Crippen LogP contribution in [0.1, 0.15) is 0 Å². The van der Waals surface area contributed by atoms with E-state index in [9.17, 15) is 21.2 Å². The van der Waals surface area contributed by atoms with Crippen LogP contribution in [0.3, 0.4) is 0 Å². The van der Waals surface area contributed by atoms with Gasteiger partial charge in [-0.15, -0.1) is 0 Å². The van der Waals surface area contributed by atoms with Gasteiger partial charge in [-0.3, -0.25) is 0 Å². The Kier molecular flexibility index (Phi) is 4.90. The highest BCUT2D eigenvalue weighted by Crippen LogP contribution is 2.25. The van der Waals surface area contributed by atoms with Crippen molar-refractivity contribution < 1.29 is 21.2 Å². The highest BCUT2D eigenvalue weighted by Gasteiger charge is 2.21. The average Bonchev–Trinajstić information content (AvgIpc) is 2.20. The van der Waals surface area contributed by atoms with Gasteiger partial charge in [0.15, 0.2) is 5.82 Å². The molecule has 0 saturated carbocycles. The maximum atomic E-state index is 13.7. The first kappa shape index (κ1) is 16.3. The molecule has 11 heteroatoms. The van der Waals surface area contributed by atoms with Gasteiger partial charge in [0.2, 0.25) is 20.0 Å². The van der Waals surface area contributed by atoms with Crippen LogP contribution >= 0.6 is 15.9 Å². The third-order valence-electron chi connectivity index (χ3n) is 1.99. The predicted molar refractivity (Wildman–Crippen MR) is 71.7 cm³/mol. The Balaban J connectivity index is 3.02. The van der Waals surface area contributed by atoms with Crippen LogP contribution in [0.2, 0.25) is 0 Å². The first-order valence-corrected chi connectivity index (χ1v) is 8.77. The fourth-order valence-electron chi connectivity index (χ4n) is 1.18. The van der Waals surface area contributed by atoms with Crippen molar-refractivity contribution in [2.45, 2.75) is 4.90 Å². The number of rotatable bonds is 5. The third kappa shape index (κ3) is 4.69. The van der Waals surface area contributed by atoms with E-state index in [0.717, 1.165) is 6.07 Å². The van der Waals surface area contributed by atoms with Crippen molar-refractivity contribution in [3.63, 3.8) is 0 Å². The third-order valence-corrected chi connectivity index (χ3v) is 4.80. The van der Waals surface area contributed by atoms with Gasteiger partial charge in [-0.25, -0.2) is 31.1 Å². The molecule has 0 radical (unpaired) electrons. The van der Waals surface area contributed by atoms with Crippen molar-refractivity contribution in [1.29, 1.82) is 0 Å². The summed E-state index contributed by atoms with van der Waals surface area (Å²) in [5.41, 5.74) is 5.46. The molecule has 0 aromatic heterocycles. The fraction of sp³-hybridized carbons (Fsp3) is 0.250. The van der Waals surface area contributed by atoms with E-state index in [1.807, 2.05) is 4.72 Å². The summed E-state index contributed by atoms with van der Waals surface area (Å²) in [6.45, 7) is -0.465. The van der Waals surface area contributed by atoms with Crippen molar-refractivity contribution in [3.05, 3.63) is 22.4 Å². The van der Waals surface area contributed by atoms with Gasteiger partial charge in [0.05, 0.1) is 10.2 Å². The van der Waals surface area contributed by atoms with Gasteiger partial charge in [-0.1, -0.05) is 0 Å². The smallest absolute Gasteiger partial charge is 0.243 e. The van der Waals surface area contributed by atoms with Crippen LogP contribution in [0, 0.1) is 5.82 Å². The van der Waals surface area contributed by atoms with Crippen LogP contribution in [0.25, 0.3) is 0 Å². The molecule has 108 valence electrons. The number of primary sulfonamides is 1. The molecule has 0 saturated heterocycles. The highest BCUT2D eigenvalue weighted by molar-refractivity contribution is 9.10. The number of nitrogens with two attached hydrogens (primary N) is 2. The minimum atomic E-state index is -4.21. The fourth-order valence-corrected chi connectivity index (χ4v) is 3.46. The van der Waals surface area contributed by atoms with Crippen LogP contribution in [-0.4, -0.2) is 29.1 Å². The lowest BCUT2D eigenvalue weighted by molar-refractivity contribution is 0.555. The van der Waals surface area contributed by atoms with E-state index in [-0.39, 0.29) is 10.2 Å². The van der Waals surface area contributed by atoms with Gasteiger partial charge in [0.1, 0.15) is 4.90 Å². The normalized spacial score (nSPS) is 12.6. The molecule has 0 atom stereocenters. The summed E-state index contributed by atoms with van der Waals surface area (Å²) in [6.07, 6.45) is 0. The number of hydrogen-bond donors (Lipinski definition) is 3. The number of nitrogen functional groups attached to an aromatic ring is 1. The highest BCUT2D eigenvalue weighted by atomic mass is 79.9. The van der Waals surface area contributed by atoms with E-state index in [0.29, 0.717) is 0 Å². The van der Waals surface area contributed by atoms with Crippen molar-refractivity contribution in [1.82, 2.24) is 4.72 Å². The summed E-state index contributed by atoms with van der Waals surface area (Å²) in [5.74, 6) is -1.62. The molecule has 19 heavy (non-hydrogen) atoms. The average molecular weight is 376 g/mol. The first-order valence-electron chi connectivity index (χ1n) is 4.77. The Bertz CT molecular complexity index is 690. The van der Waals surface area contributed by atoms with Gasteiger partial charge in [-0.05, 0) is 28.1 Å². The Morgan fingerprint density at radius 1 is 1.26 bits per heavy atom. The molecule has 0 amide bonds. The Morgan fingerprint density at radius 2 is 1.84 bits per heavy atom. The number of benzene rings is 1. The van der Waals surface area contributed by atoms with E-state index in [2.05, 4.69) is 15.9 Å². The number of sulfonamides is 2. The summed E-state index contributed by atoms with van der Waals surface area (Å²) < 4.78 is 60.4. The number of halogens is 2. The molecule has 0 aliphatic heterocycles. The molecule has 0 spiro atoms. The molecule has 0 bridgehead atoms. The summed E-state index contributed by atoms with van der Waals surface area (Å²) in [5, 5.41) is 4.72. The van der Waals surface area contributed by atoms with Crippen LogP contribution in [-0.2, 0) is 20.0 Å².